The van der Waals surface area contributed by atoms with Gasteiger partial charge in [0.15, 0.2) is 0 Å². The molecule has 0 saturated heterocycles. The number of aryl methyl sites for hydroxylation is 1. The van der Waals surface area contributed by atoms with E-state index in [1.807, 2.05) is 0 Å². The molecule has 2 amide bonds. The summed E-state index contributed by atoms with van der Waals surface area (Å²) in [5, 5.41) is 8.47. The highest BCUT2D eigenvalue weighted by Crippen LogP contribution is 2.13. The van der Waals surface area contributed by atoms with E-state index in [1.54, 1.807) is 48.5 Å². The molecule has 8 nitrogen and oxygen atoms in total. The SMILES string of the molecule is CC(=O)Nc1ccc(NC(=O)CCn2[nH]c(=O)c3ccccc3c2=O)cc1. The van der Waals surface area contributed by atoms with Crippen molar-refractivity contribution in [2.75, 3.05) is 10.6 Å². The van der Waals surface area contributed by atoms with Crippen LogP contribution in [-0.2, 0) is 16.1 Å². The molecule has 3 aromatic rings. The number of carbonyl (C=O) groups is 2. The molecule has 1 aromatic heterocycles. The van der Waals surface area contributed by atoms with Crippen molar-refractivity contribution < 1.29 is 9.59 Å². The molecule has 0 spiro atoms. The second-order valence-corrected chi connectivity index (χ2v) is 6.00. The molecule has 0 atom stereocenters. The Balaban J connectivity index is 1.67. The van der Waals surface area contributed by atoms with E-state index in [0.29, 0.717) is 22.1 Å². The van der Waals surface area contributed by atoms with E-state index >= 15 is 0 Å². The molecule has 0 bridgehead atoms. The Morgan fingerprint density at radius 2 is 1.52 bits per heavy atom. The molecule has 0 fully saturated rings. The van der Waals surface area contributed by atoms with Gasteiger partial charge in [0.25, 0.3) is 11.1 Å². The highest BCUT2D eigenvalue weighted by atomic mass is 16.2. The molecule has 0 radical (unpaired) electrons. The summed E-state index contributed by atoms with van der Waals surface area (Å²) < 4.78 is 1.14. The third kappa shape index (κ3) is 4.30. The number of benzene rings is 2. The van der Waals surface area contributed by atoms with Crippen LogP contribution in [0.1, 0.15) is 13.3 Å². The lowest BCUT2D eigenvalue weighted by atomic mass is 10.2. The minimum absolute atomic E-state index is 0.0155. The third-order valence-corrected chi connectivity index (χ3v) is 3.94. The molecule has 138 valence electrons. The van der Waals surface area contributed by atoms with E-state index in [2.05, 4.69) is 15.7 Å². The molecule has 2 aromatic carbocycles. The number of rotatable bonds is 5. The number of hydrogen-bond donors (Lipinski definition) is 3. The number of aromatic nitrogens is 2. The summed E-state index contributed by atoms with van der Waals surface area (Å²) in [6.07, 6.45) is 0.0155. The monoisotopic (exact) mass is 366 g/mol. The van der Waals surface area contributed by atoms with Gasteiger partial charge in [-0.25, -0.2) is 4.68 Å². The van der Waals surface area contributed by atoms with Gasteiger partial charge in [0.1, 0.15) is 0 Å². The van der Waals surface area contributed by atoms with Gasteiger partial charge in [0.2, 0.25) is 11.8 Å². The van der Waals surface area contributed by atoms with Crippen LogP contribution in [0.2, 0.25) is 0 Å². The molecule has 0 aliphatic heterocycles. The Labute approximate surface area is 153 Å². The van der Waals surface area contributed by atoms with Crippen LogP contribution in [0.5, 0.6) is 0 Å². The Morgan fingerprint density at radius 1 is 0.926 bits per heavy atom. The van der Waals surface area contributed by atoms with Crippen molar-refractivity contribution in [1.29, 1.82) is 0 Å². The molecular weight excluding hydrogens is 348 g/mol. The highest BCUT2D eigenvalue weighted by molar-refractivity contribution is 5.92. The summed E-state index contributed by atoms with van der Waals surface area (Å²) in [5.41, 5.74) is 0.464. The molecule has 0 unspecified atom stereocenters. The van der Waals surface area contributed by atoms with Crippen molar-refractivity contribution >= 4 is 34.0 Å². The van der Waals surface area contributed by atoms with Crippen molar-refractivity contribution in [3.8, 4) is 0 Å². The van der Waals surface area contributed by atoms with E-state index in [9.17, 15) is 19.2 Å². The minimum atomic E-state index is -0.376. The summed E-state index contributed by atoms with van der Waals surface area (Å²) in [6.45, 7) is 1.46. The first-order chi connectivity index (χ1) is 12.9. The number of fused-ring (bicyclic) bond motifs is 1. The first-order valence-electron chi connectivity index (χ1n) is 8.33. The molecule has 1 heterocycles. The zero-order valence-corrected chi connectivity index (χ0v) is 14.6. The summed E-state index contributed by atoms with van der Waals surface area (Å²) >= 11 is 0. The number of carbonyl (C=O) groups excluding carboxylic acids is 2. The molecule has 27 heavy (non-hydrogen) atoms. The van der Waals surface area contributed by atoms with E-state index < -0.39 is 0 Å². The smallest absolute Gasteiger partial charge is 0.273 e. The van der Waals surface area contributed by atoms with Crippen molar-refractivity contribution in [3.05, 3.63) is 69.2 Å². The predicted octanol–water partition coefficient (Wildman–Crippen LogP) is 1.68. The maximum Gasteiger partial charge on any atom is 0.273 e. The van der Waals surface area contributed by atoms with E-state index in [1.165, 1.54) is 6.92 Å². The van der Waals surface area contributed by atoms with Gasteiger partial charge < -0.3 is 10.6 Å². The fourth-order valence-corrected chi connectivity index (χ4v) is 2.68. The van der Waals surface area contributed by atoms with Crippen molar-refractivity contribution in [3.63, 3.8) is 0 Å². The number of aromatic amines is 1. The second kappa shape index (κ2) is 7.69. The quantitative estimate of drug-likeness (QED) is 0.637. The van der Waals surface area contributed by atoms with Gasteiger partial charge in [-0.05, 0) is 36.4 Å². The van der Waals surface area contributed by atoms with Crippen LogP contribution < -0.4 is 21.8 Å². The zero-order chi connectivity index (χ0) is 19.4. The Morgan fingerprint density at radius 3 is 2.15 bits per heavy atom. The predicted molar refractivity (Wildman–Crippen MR) is 103 cm³/mol. The van der Waals surface area contributed by atoms with Gasteiger partial charge in [0, 0.05) is 24.7 Å². The topological polar surface area (TPSA) is 113 Å². The summed E-state index contributed by atoms with van der Waals surface area (Å²) in [7, 11) is 0. The molecule has 0 saturated carbocycles. The average Bonchev–Trinajstić information content (AvgIpc) is 2.65. The Bertz CT molecular complexity index is 1110. The van der Waals surface area contributed by atoms with E-state index in [0.717, 1.165) is 4.68 Å². The van der Waals surface area contributed by atoms with Crippen molar-refractivity contribution in [2.45, 2.75) is 19.9 Å². The summed E-state index contributed by atoms with van der Waals surface area (Å²) in [5.74, 6) is -0.482. The van der Waals surface area contributed by atoms with Crippen LogP contribution in [0.4, 0.5) is 11.4 Å². The number of nitrogens with zero attached hydrogens (tertiary/aromatic N) is 1. The standard InChI is InChI=1S/C19H18N4O4/c1-12(24)20-13-6-8-14(9-7-13)21-17(25)10-11-23-19(27)16-5-3-2-4-15(16)18(26)22-23/h2-9H,10-11H2,1H3,(H,20,24)(H,21,25)(H,22,26). The molecule has 0 aliphatic carbocycles. The molecule has 0 aliphatic rings. The summed E-state index contributed by atoms with van der Waals surface area (Å²) in [6, 6.07) is 13.2. The molecular formula is C19H18N4O4. The number of hydrogen-bond acceptors (Lipinski definition) is 4. The van der Waals surface area contributed by atoms with E-state index in [4.69, 9.17) is 0 Å². The van der Waals surface area contributed by atoms with Crippen molar-refractivity contribution in [2.24, 2.45) is 0 Å². The number of anilines is 2. The lowest BCUT2D eigenvalue weighted by Crippen LogP contribution is -2.31. The van der Waals surface area contributed by atoms with Crippen LogP contribution in [0, 0.1) is 0 Å². The number of amides is 2. The van der Waals surface area contributed by atoms with Gasteiger partial charge >= 0.3 is 0 Å². The molecule has 3 rings (SSSR count). The van der Waals surface area contributed by atoms with Crippen LogP contribution in [-0.4, -0.2) is 21.6 Å². The minimum Gasteiger partial charge on any atom is -0.326 e. The largest absolute Gasteiger partial charge is 0.326 e. The van der Waals surface area contributed by atoms with Gasteiger partial charge in [-0.1, -0.05) is 12.1 Å². The lowest BCUT2D eigenvalue weighted by Gasteiger charge is -2.09. The van der Waals surface area contributed by atoms with Crippen LogP contribution >= 0.6 is 0 Å². The summed E-state index contributed by atoms with van der Waals surface area (Å²) in [4.78, 5) is 47.6. The molecule has 8 heteroatoms. The Kier molecular flexibility index (Phi) is 5.16. The first kappa shape index (κ1) is 18.1. The number of nitrogens with one attached hydrogen (secondary N) is 3. The third-order valence-electron chi connectivity index (χ3n) is 3.94. The fraction of sp³-hybridized carbons (Fsp3) is 0.158. The Hall–Kier alpha value is -3.68. The van der Waals surface area contributed by atoms with E-state index in [-0.39, 0.29) is 35.9 Å². The van der Waals surface area contributed by atoms with Crippen molar-refractivity contribution in [1.82, 2.24) is 9.78 Å². The average molecular weight is 366 g/mol. The fourth-order valence-electron chi connectivity index (χ4n) is 2.68. The lowest BCUT2D eigenvalue weighted by molar-refractivity contribution is -0.116. The normalized spacial score (nSPS) is 10.6. The van der Waals surface area contributed by atoms with Crippen LogP contribution in [0.15, 0.2) is 58.1 Å². The maximum absolute atomic E-state index is 12.4. The second-order valence-electron chi connectivity index (χ2n) is 6.00. The maximum atomic E-state index is 12.4. The molecule has 3 N–H and O–H groups in total. The van der Waals surface area contributed by atoms with Gasteiger partial charge in [-0.3, -0.25) is 24.3 Å². The highest BCUT2D eigenvalue weighted by Gasteiger charge is 2.09. The first-order valence-corrected chi connectivity index (χ1v) is 8.33. The zero-order valence-electron chi connectivity index (χ0n) is 14.6. The van der Waals surface area contributed by atoms with Gasteiger partial charge in [0.05, 0.1) is 17.3 Å². The van der Waals surface area contributed by atoms with Gasteiger partial charge in [-0.15, -0.1) is 0 Å². The van der Waals surface area contributed by atoms with Crippen LogP contribution in [0.25, 0.3) is 10.8 Å². The van der Waals surface area contributed by atoms with Gasteiger partial charge in [-0.2, -0.15) is 0 Å². The van der Waals surface area contributed by atoms with Crippen LogP contribution in [0.3, 0.4) is 0 Å². The number of H-pyrrole nitrogens is 1.